The largest absolute Gasteiger partial charge is 0.494 e. The monoisotopic (exact) mass is 290 g/mol. The molecule has 0 radical (unpaired) electrons. The molecule has 21 heavy (non-hydrogen) atoms. The zero-order chi connectivity index (χ0) is 14.7. The Morgan fingerprint density at radius 3 is 2.29 bits per heavy atom. The maximum atomic E-state index is 13.7. The van der Waals surface area contributed by atoms with E-state index in [1.54, 1.807) is 19.5 Å². The minimum atomic E-state index is -0.397. The number of ether oxygens (including phenoxy) is 1. The first-order valence-corrected chi connectivity index (χ1v) is 6.59. The van der Waals surface area contributed by atoms with E-state index in [2.05, 4.69) is 24.8 Å². The minimum absolute atomic E-state index is 0.347. The minimum Gasteiger partial charge on any atom is -0.494 e. The van der Waals surface area contributed by atoms with Gasteiger partial charge in [-0.3, -0.25) is 0 Å². The van der Waals surface area contributed by atoms with Crippen molar-refractivity contribution in [3.63, 3.8) is 0 Å². The van der Waals surface area contributed by atoms with Crippen molar-refractivity contribution in [1.82, 2.24) is 19.9 Å². The highest BCUT2D eigenvalue weighted by Gasteiger charge is 2.21. The number of piperazine rings is 1. The first kappa shape index (κ1) is 13.5. The third-order valence-corrected chi connectivity index (χ3v) is 3.36. The molecule has 110 valence electrons. The Bertz CT molecular complexity index is 600. The molecule has 0 atom stereocenters. The summed E-state index contributed by atoms with van der Waals surface area (Å²) >= 11 is 0. The van der Waals surface area contributed by atoms with E-state index in [-0.39, 0.29) is 0 Å². The summed E-state index contributed by atoms with van der Waals surface area (Å²) in [4.78, 5) is 20.1. The Kier molecular flexibility index (Phi) is 3.76. The van der Waals surface area contributed by atoms with Crippen molar-refractivity contribution in [3.05, 3.63) is 30.7 Å². The summed E-state index contributed by atoms with van der Waals surface area (Å²) < 4.78 is 18.7. The van der Waals surface area contributed by atoms with Crippen LogP contribution in [0.2, 0.25) is 0 Å². The lowest BCUT2D eigenvalue weighted by atomic mass is 10.3. The van der Waals surface area contributed by atoms with Crippen molar-refractivity contribution in [3.8, 4) is 5.75 Å². The van der Waals surface area contributed by atoms with Crippen molar-refractivity contribution in [2.75, 3.05) is 43.1 Å². The van der Waals surface area contributed by atoms with Gasteiger partial charge in [-0.05, 0) is 0 Å². The molecule has 0 amide bonds. The number of nitrogens with zero attached hydrogens (tertiary/aromatic N) is 6. The molecule has 0 unspecified atom stereocenters. The van der Waals surface area contributed by atoms with Crippen LogP contribution in [0.1, 0.15) is 0 Å². The number of hydrogen-bond donors (Lipinski definition) is 0. The molecule has 1 saturated heterocycles. The average Bonchev–Trinajstić information content (AvgIpc) is 2.56. The normalized spacial score (nSPS) is 15.1. The van der Waals surface area contributed by atoms with Gasteiger partial charge < -0.3 is 14.5 Å². The maximum absolute atomic E-state index is 13.7. The molecule has 0 spiro atoms. The summed E-state index contributed by atoms with van der Waals surface area (Å²) in [6.45, 7) is 2.72. The maximum Gasteiger partial charge on any atom is 0.225 e. The Hall–Kier alpha value is -2.51. The zero-order valence-corrected chi connectivity index (χ0v) is 11.6. The van der Waals surface area contributed by atoms with E-state index in [1.807, 2.05) is 4.90 Å². The lowest BCUT2D eigenvalue weighted by Gasteiger charge is -2.35. The van der Waals surface area contributed by atoms with E-state index >= 15 is 0 Å². The summed E-state index contributed by atoms with van der Waals surface area (Å²) in [5.74, 6) is 1.23. The Morgan fingerprint density at radius 2 is 1.67 bits per heavy atom. The molecule has 3 heterocycles. The summed E-state index contributed by atoms with van der Waals surface area (Å²) in [6.07, 6.45) is 5.82. The van der Waals surface area contributed by atoms with Crippen LogP contribution >= 0.6 is 0 Å². The fraction of sp³-hybridized carbons (Fsp3) is 0.385. The standard InChI is InChI=1S/C13H15FN6O/c1-21-10-6-16-13(17-7-10)20-4-2-19(3-5-20)12-11(14)8-15-9-18-12/h6-9H,2-5H2,1H3. The second-order valence-corrected chi connectivity index (χ2v) is 4.59. The van der Waals surface area contributed by atoms with Crippen LogP contribution in [-0.4, -0.2) is 53.2 Å². The zero-order valence-electron chi connectivity index (χ0n) is 11.6. The molecular weight excluding hydrogens is 275 g/mol. The number of halogens is 1. The van der Waals surface area contributed by atoms with Crippen LogP contribution in [-0.2, 0) is 0 Å². The fourth-order valence-electron chi connectivity index (χ4n) is 2.24. The number of methoxy groups -OCH3 is 1. The van der Waals surface area contributed by atoms with Crippen LogP contribution in [0.5, 0.6) is 5.75 Å². The van der Waals surface area contributed by atoms with E-state index in [4.69, 9.17) is 4.74 Å². The van der Waals surface area contributed by atoms with Gasteiger partial charge >= 0.3 is 0 Å². The van der Waals surface area contributed by atoms with E-state index < -0.39 is 5.82 Å². The summed E-state index contributed by atoms with van der Waals surface area (Å²) in [6, 6.07) is 0. The highest BCUT2D eigenvalue weighted by atomic mass is 19.1. The molecule has 2 aromatic heterocycles. The van der Waals surface area contributed by atoms with Gasteiger partial charge in [-0.2, -0.15) is 0 Å². The van der Waals surface area contributed by atoms with E-state index in [0.717, 1.165) is 0 Å². The molecular formula is C13H15FN6O. The fourth-order valence-corrected chi connectivity index (χ4v) is 2.24. The molecule has 0 bridgehead atoms. The van der Waals surface area contributed by atoms with Gasteiger partial charge in [-0.1, -0.05) is 0 Å². The lowest BCUT2D eigenvalue weighted by Crippen LogP contribution is -2.47. The molecule has 2 aromatic rings. The predicted molar refractivity (Wildman–Crippen MR) is 75.0 cm³/mol. The molecule has 7 nitrogen and oxygen atoms in total. The second kappa shape index (κ2) is 5.86. The SMILES string of the molecule is COc1cnc(N2CCN(c3ncncc3F)CC2)nc1. The molecule has 0 aromatic carbocycles. The van der Waals surface area contributed by atoms with E-state index in [9.17, 15) is 4.39 Å². The Labute approximate surface area is 121 Å². The first-order chi connectivity index (χ1) is 10.3. The first-order valence-electron chi connectivity index (χ1n) is 6.59. The summed E-state index contributed by atoms with van der Waals surface area (Å²) in [5, 5.41) is 0. The molecule has 0 N–H and O–H groups in total. The molecule has 1 aliphatic rings. The third-order valence-electron chi connectivity index (χ3n) is 3.36. The van der Waals surface area contributed by atoms with Gasteiger partial charge in [-0.25, -0.2) is 24.3 Å². The smallest absolute Gasteiger partial charge is 0.225 e. The van der Waals surface area contributed by atoms with Crippen molar-refractivity contribution in [2.45, 2.75) is 0 Å². The number of aromatic nitrogens is 4. The van der Waals surface area contributed by atoms with E-state index in [0.29, 0.717) is 43.7 Å². The Morgan fingerprint density at radius 1 is 1.00 bits per heavy atom. The van der Waals surface area contributed by atoms with Crippen molar-refractivity contribution < 1.29 is 9.13 Å². The van der Waals surface area contributed by atoms with Gasteiger partial charge in [0.1, 0.15) is 6.33 Å². The molecule has 0 aliphatic carbocycles. The quantitative estimate of drug-likeness (QED) is 0.826. The number of hydrogen-bond acceptors (Lipinski definition) is 7. The van der Waals surface area contributed by atoms with Crippen LogP contribution in [0.15, 0.2) is 24.9 Å². The topological polar surface area (TPSA) is 67.3 Å². The van der Waals surface area contributed by atoms with E-state index in [1.165, 1.54) is 12.5 Å². The van der Waals surface area contributed by atoms with Gasteiger partial charge in [0.15, 0.2) is 17.4 Å². The molecule has 1 aliphatic heterocycles. The van der Waals surface area contributed by atoms with Crippen molar-refractivity contribution in [2.24, 2.45) is 0 Å². The highest BCUT2D eigenvalue weighted by Crippen LogP contribution is 2.18. The van der Waals surface area contributed by atoms with Crippen LogP contribution in [0.25, 0.3) is 0 Å². The van der Waals surface area contributed by atoms with Crippen molar-refractivity contribution in [1.29, 1.82) is 0 Å². The van der Waals surface area contributed by atoms with Gasteiger partial charge in [0.25, 0.3) is 0 Å². The second-order valence-electron chi connectivity index (χ2n) is 4.59. The highest BCUT2D eigenvalue weighted by molar-refractivity contribution is 5.42. The van der Waals surface area contributed by atoms with Crippen LogP contribution in [0, 0.1) is 5.82 Å². The van der Waals surface area contributed by atoms with Gasteiger partial charge in [0, 0.05) is 26.2 Å². The summed E-state index contributed by atoms with van der Waals surface area (Å²) in [5.41, 5.74) is 0. The molecule has 1 fully saturated rings. The van der Waals surface area contributed by atoms with Gasteiger partial charge in [0.05, 0.1) is 25.7 Å². The average molecular weight is 290 g/mol. The lowest BCUT2D eigenvalue weighted by molar-refractivity contribution is 0.410. The van der Waals surface area contributed by atoms with Crippen LogP contribution in [0.4, 0.5) is 16.2 Å². The third kappa shape index (κ3) is 2.83. The predicted octanol–water partition coefficient (Wildman–Crippen LogP) is 0.741. The van der Waals surface area contributed by atoms with Crippen LogP contribution < -0.4 is 14.5 Å². The van der Waals surface area contributed by atoms with Gasteiger partial charge in [-0.15, -0.1) is 0 Å². The Balaban J connectivity index is 1.66. The number of rotatable bonds is 3. The molecule has 3 rings (SSSR count). The summed E-state index contributed by atoms with van der Waals surface area (Å²) in [7, 11) is 1.58. The van der Waals surface area contributed by atoms with Crippen LogP contribution in [0.3, 0.4) is 0 Å². The van der Waals surface area contributed by atoms with Crippen molar-refractivity contribution >= 4 is 11.8 Å². The molecule has 8 heteroatoms. The number of anilines is 2. The molecule has 0 saturated carbocycles. The van der Waals surface area contributed by atoms with Gasteiger partial charge in [0.2, 0.25) is 5.95 Å².